The molecule has 4 heterocycles. The maximum Gasteiger partial charge on any atom is 0.415 e. The van der Waals surface area contributed by atoms with E-state index < -0.39 is 0 Å². The van der Waals surface area contributed by atoms with Crippen LogP contribution in [0.5, 0.6) is 0 Å². The van der Waals surface area contributed by atoms with Gasteiger partial charge in [0, 0.05) is 38.4 Å². The smallest absolute Gasteiger partial charge is 0.415 e. The topological polar surface area (TPSA) is 73.8 Å². The van der Waals surface area contributed by atoms with Crippen molar-refractivity contribution in [2.75, 3.05) is 43.0 Å². The Labute approximate surface area is 208 Å². The minimum absolute atomic E-state index is 0.0173. The Hall–Kier alpha value is -2.71. The summed E-state index contributed by atoms with van der Waals surface area (Å²) in [5, 5.41) is 3.40. The third-order valence-corrected chi connectivity index (χ3v) is 7.72. The number of benzene rings is 1. The number of hydrogen-bond donors (Lipinski definition) is 1. The number of anilines is 2. The van der Waals surface area contributed by atoms with Crippen molar-refractivity contribution in [3.05, 3.63) is 47.7 Å². The zero-order valence-electron chi connectivity index (χ0n) is 21.2. The van der Waals surface area contributed by atoms with Crippen molar-refractivity contribution in [1.29, 1.82) is 0 Å². The summed E-state index contributed by atoms with van der Waals surface area (Å²) in [6.45, 7) is 12.5. The lowest BCUT2D eigenvalue weighted by Gasteiger charge is -2.44. The van der Waals surface area contributed by atoms with Gasteiger partial charge in [0.25, 0.3) is 0 Å². The van der Waals surface area contributed by atoms with E-state index in [4.69, 9.17) is 4.74 Å². The van der Waals surface area contributed by atoms with Crippen molar-refractivity contribution in [3.8, 4) is 0 Å². The molecule has 35 heavy (non-hydrogen) atoms. The molecule has 0 spiro atoms. The Kier molecular flexibility index (Phi) is 7.20. The molecule has 188 valence electrons. The van der Waals surface area contributed by atoms with Gasteiger partial charge in [-0.2, -0.15) is 4.98 Å². The van der Waals surface area contributed by atoms with Crippen LogP contribution in [0.4, 0.5) is 16.6 Å². The largest absolute Gasteiger partial charge is 0.447 e. The molecular formula is C27H38N6O2. The zero-order chi connectivity index (χ0) is 24.4. The van der Waals surface area contributed by atoms with E-state index in [1.165, 1.54) is 50.0 Å². The highest BCUT2D eigenvalue weighted by molar-refractivity contribution is 5.89. The van der Waals surface area contributed by atoms with E-state index in [2.05, 4.69) is 70.1 Å². The fraction of sp³-hybridized carbons (Fsp3) is 0.593. The van der Waals surface area contributed by atoms with E-state index in [9.17, 15) is 4.79 Å². The van der Waals surface area contributed by atoms with Gasteiger partial charge in [-0.25, -0.2) is 9.78 Å². The molecule has 3 fully saturated rings. The van der Waals surface area contributed by atoms with Gasteiger partial charge in [0.15, 0.2) is 0 Å². The predicted octanol–water partition coefficient (Wildman–Crippen LogP) is 4.30. The summed E-state index contributed by atoms with van der Waals surface area (Å²) < 4.78 is 5.28. The number of piperazine rings is 1. The van der Waals surface area contributed by atoms with E-state index in [1.807, 2.05) is 0 Å². The number of nitrogens with one attached hydrogen (secondary N) is 1. The standard InChI is InChI=1S/C27H38N6O2/c1-19(2)24-18-35-27(34)33(24)25-11-12-28-26(30-25)29-20(3)22-9-7-21(8-10-22)16-31-14-15-32-13-5-4-6-23(32)17-31/h7-12,19-20,23-24H,4-6,13-18H2,1-3H3,(H,28,29,30). The monoisotopic (exact) mass is 478 g/mol. The molecule has 1 aromatic carbocycles. The number of carbonyl (C=O) groups is 1. The van der Waals surface area contributed by atoms with Crippen molar-refractivity contribution in [2.45, 2.75) is 64.7 Å². The summed E-state index contributed by atoms with van der Waals surface area (Å²) in [4.78, 5) is 28.3. The molecule has 0 bridgehead atoms. The quantitative estimate of drug-likeness (QED) is 0.636. The molecule has 1 aromatic heterocycles. The first-order valence-electron chi connectivity index (χ1n) is 13.1. The van der Waals surface area contributed by atoms with Crippen LogP contribution in [0.3, 0.4) is 0 Å². The van der Waals surface area contributed by atoms with Gasteiger partial charge in [-0.1, -0.05) is 44.5 Å². The minimum Gasteiger partial charge on any atom is -0.447 e. The number of amides is 1. The number of carbonyl (C=O) groups excluding carboxylic acids is 1. The predicted molar refractivity (Wildman–Crippen MR) is 137 cm³/mol. The summed E-state index contributed by atoms with van der Waals surface area (Å²) in [5.41, 5.74) is 2.54. The fourth-order valence-corrected chi connectivity index (χ4v) is 5.55. The molecule has 3 aliphatic heterocycles. The van der Waals surface area contributed by atoms with Crippen LogP contribution in [0.25, 0.3) is 0 Å². The molecule has 5 rings (SSSR count). The number of aromatic nitrogens is 2. The lowest BCUT2D eigenvalue weighted by Crippen LogP contribution is -2.54. The summed E-state index contributed by atoms with van der Waals surface area (Å²) in [7, 11) is 0. The van der Waals surface area contributed by atoms with Crippen molar-refractivity contribution >= 4 is 17.9 Å². The average molecular weight is 479 g/mol. The number of hydrogen-bond acceptors (Lipinski definition) is 7. The van der Waals surface area contributed by atoms with E-state index in [0.29, 0.717) is 18.4 Å². The maximum absolute atomic E-state index is 12.3. The van der Waals surface area contributed by atoms with Gasteiger partial charge in [0.1, 0.15) is 12.4 Å². The number of rotatable bonds is 7. The summed E-state index contributed by atoms with van der Waals surface area (Å²) in [6, 6.07) is 11.4. The molecule has 0 aliphatic carbocycles. The average Bonchev–Trinajstić information content (AvgIpc) is 3.26. The first-order chi connectivity index (χ1) is 17.0. The summed E-state index contributed by atoms with van der Waals surface area (Å²) in [5.74, 6) is 1.35. The first-order valence-corrected chi connectivity index (χ1v) is 13.1. The number of fused-ring (bicyclic) bond motifs is 1. The Morgan fingerprint density at radius 1 is 1.09 bits per heavy atom. The van der Waals surface area contributed by atoms with E-state index in [-0.39, 0.29) is 24.1 Å². The Morgan fingerprint density at radius 2 is 1.91 bits per heavy atom. The van der Waals surface area contributed by atoms with E-state index in [1.54, 1.807) is 17.2 Å². The third-order valence-electron chi connectivity index (χ3n) is 7.72. The molecule has 1 N–H and O–H groups in total. The molecule has 3 unspecified atom stereocenters. The molecule has 3 atom stereocenters. The highest BCUT2D eigenvalue weighted by Crippen LogP contribution is 2.27. The Bertz CT molecular complexity index is 1010. The summed E-state index contributed by atoms with van der Waals surface area (Å²) >= 11 is 0. The second-order valence-corrected chi connectivity index (χ2v) is 10.5. The van der Waals surface area contributed by atoms with Gasteiger partial charge in [0.05, 0.1) is 12.1 Å². The van der Waals surface area contributed by atoms with Crippen LogP contribution < -0.4 is 10.2 Å². The van der Waals surface area contributed by atoms with Crippen LogP contribution in [0.2, 0.25) is 0 Å². The van der Waals surface area contributed by atoms with Crippen molar-refractivity contribution < 1.29 is 9.53 Å². The molecule has 2 aromatic rings. The van der Waals surface area contributed by atoms with Gasteiger partial charge in [-0.05, 0) is 49.4 Å². The Balaban J connectivity index is 1.19. The van der Waals surface area contributed by atoms with Crippen molar-refractivity contribution in [2.24, 2.45) is 5.92 Å². The Morgan fingerprint density at radius 3 is 2.71 bits per heavy atom. The normalized spacial score (nSPS) is 24.3. The highest BCUT2D eigenvalue weighted by Gasteiger charge is 2.37. The zero-order valence-corrected chi connectivity index (χ0v) is 21.2. The SMILES string of the molecule is CC(Nc1nccc(N2C(=O)OCC2C(C)C)n1)c1ccc(CN2CCN3CCCCC3C2)cc1. The van der Waals surface area contributed by atoms with Gasteiger partial charge in [0.2, 0.25) is 5.95 Å². The molecule has 3 aliphatic rings. The van der Waals surface area contributed by atoms with Crippen LogP contribution in [-0.4, -0.2) is 70.7 Å². The first kappa shape index (κ1) is 24.0. The molecule has 8 nitrogen and oxygen atoms in total. The van der Waals surface area contributed by atoms with Crippen LogP contribution in [0.1, 0.15) is 57.2 Å². The van der Waals surface area contributed by atoms with E-state index >= 15 is 0 Å². The lowest BCUT2D eigenvalue weighted by atomic mass is 9.99. The molecule has 8 heteroatoms. The van der Waals surface area contributed by atoms with E-state index in [0.717, 1.165) is 19.1 Å². The number of nitrogens with zero attached hydrogens (tertiary/aromatic N) is 5. The highest BCUT2D eigenvalue weighted by atomic mass is 16.6. The minimum atomic E-state index is -0.345. The van der Waals surface area contributed by atoms with Crippen molar-refractivity contribution in [1.82, 2.24) is 19.8 Å². The van der Waals surface area contributed by atoms with Gasteiger partial charge in [-0.3, -0.25) is 14.7 Å². The van der Waals surface area contributed by atoms with Crippen LogP contribution in [0, 0.1) is 5.92 Å². The van der Waals surface area contributed by atoms with Crippen LogP contribution >= 0.6 is 0 Å². The second-order valence-electron chi connectivity index (χ2n) is 10.5. The molecule has 1 amide bonds. The number of cyclic esters (lactones) is 1. The second kappa shape index (κ2) is 10.5. The molecular weight excluding hydrogens is 440 g/mol. The van der Waals surface area contributed by atoms with Crippen LogP contribution in [0.15, 0.2) is 36.5 Å². The van der Waals surface area contributed by atoms with Crippen LogP contribution in [-0.2, 0) is 11.3 Å². The third kappa shape index (κ3) is 5.43. The van der Waals surface area contributed by atoms with Gasteiger partial charge >= 0.3 is 6.09 Å². The number of ether oxygens (including phenoxy) is 1. The van der Waals surface area contributed by atoms with Gasteiger partial charge < -0.3 is 10.1 Å². The molecule has 0 saturated carbocycles. The molecule has 0 radical (unpaired) electrons. The molecule has 3 saturated heterocycles. The maximum atomic E-state index is 12.3. The van der Waals surface area contributed by atoms with Gasteiger partial charge in [-0.15, -0.1) is 0 Å². The lowest BCUT2D eigenvalue weighted by molar-refractivity contribution is 0.0457. The fourth-order valence-electron chi connectivity index (χ4n) is 5.55. The van der Waals surface area contributed by atoms with Crippen molar-refractivity contribution in [3.63, 3.8) is 0 Å². The summed E-state index contributed by atoms with van der Waals surface area (Å²) in [6.07, 6.45) is 5.43. The number of piperidine rings is 1.